The van der Waals surface area contributed by atoms with Crippen LogP contribution >= 0.6 is 0 Å². The molecule has 10 heteroatoms. The van der Waals surface area contributed by atoms with E-state index in [0.717, 1.165) is 0 Å². The van der Waals surface area contributed by atoms with Crippen LogP contribution in [0.3, 0.4) is 0 Å². The Hall–Kier alpha value is -3.66. The molecular formula is C26H28F2N6O2. The van der Waals surface area contributed by atoms with Crippen LogP contribution in [0.5, 0.6) is 11.6 Å². The summed E-state index contributed by atoms with van der Waals surface area (Å²) in [5.74, 6) is -0.333. The maximum Gasteiger partial charge on any atom is 0.233 e. The number of ether oxygens (including phenoxy) is 1. The van der Waals surface area contributed by atoms with Gasteiger partial charge in [0.2, 0.25) is 5.88 Å². The third kappa shape index (κ3) is 4.37. The number of rotatable bonds is 4. The summed E-state index contributed by atoms with van der Waals surface area (Å²) < 4.78 is 36.6. The summed E-state index contributed by atoms with van der Waals surface area (Å²) in [5.41, 5.74) is 1.06. The van der Waals surface area contributed by atoms with Gasteiger partial charge in [0.05, 0.1) is 0 Å². The molecule has 0 bridgehead atoms. The molecule has 2 atom stereocenters. The molecule has 0 amide bonds. The van der Waals surface area contributed by atoms with Gasteiger partial charge in [-0.05, 0) is 51.5 Å². The number of alkyl halides is 1. The van der Waals surface area contributed by atoms with Crippen molar-refractivity contribution in [1.82, 2.24) is 30.3 Å². The zero-order valence-electron chi connectivity index (χ0n) is 20.8. The van der Waals surface area contributed by atoms with Crippen molar-refractivity contribution in [1.29, 1.82) is 0 Å². The van der Waals surface area contributed by atoms with Crippen LogP contribution in [0.15, 0.2) is 42.7 Å². The second-order valence-corrected chi connectivity index (χ2v) is 10.5. The molecule has 0 saturated carbocycles. The molecule has 1 fully saturated rings. The summed E-state index contributed by atoms with van der Waals surface area (Å²) in [4.78, 5) is 4.37. The fraction of sp³-hybridized carbons (Fsp3) is 0.385. The molecule has 0 spiro atoms. The molecule has 0 unspecified atom stereocenters. The van der Waals surface area contributed by atoms with Gasteiger partial charge >= 0.3 is 0 Å². The number of nitrogens with one attached hydrogen (secondary N) is 1. The monoisotopic (exact) mass is 494 g/mol. The fourth-order valence-corrected chi connectivity index (χ4v) is 5.07. The number of halogens is 2. The first-order chi connectivity index (χ1) is 16.9. The Labute approximate surface area is 207 Å². The minimum absolute atomic E-state index is 0.109. The molecule has 3 aromatic heterocycles. The molecular weight excluding hydrogens is 466 g/mol. The lowest BCUT2D eigenvalue weighted by atomic mass is 9.79. The van der Waals surface area contributed by atoms with E-state index in [1.165, 1.54) is 10.7 Å². The van der Waals surface area contributed by atoms with Crippen LogP contribution in [-0.2, 0) is 7.05 Å². The summed E-state index contributed by atoms with van der Waals surface area (Å²) in [6, 6.07) is 7.72. The highest BCUT2D eigenvalue weighted by atomic mass is 19.1. The predicted octanol–water partition coefficient (Wildman–Crippen LogP) is 4.57. The summed E-state index contributed by atoms with van der Waals surface area (Å²) in [6.07, 6.45) is 1.85. The van der Waals surface area contributed by atoms with E-state index in [1.807, 2.05) is 27.7 Å². The lowest BCUT2D eigenvalue weighted by molar-refractivity contribution is -0.0281. The Bertz CT molecular complexity index is 1430. The Morgan fingerprint density at radius 1 is 1.14 bits per heavy atom. The van der Waals surface area contributed by atoms with Gasteiger partial charge in [0, 0.05) is 54.0 Å². The highest BCUT2D eigenvalue weighted by Gasteiger charge is 2.47. The van der Waals surface area contributed by atoms with Crippen LogP contribution in [0.25, 0.3) is 33.4 Å². The first-order valence-corrected chi connectivity index (χ1v) is 11.7. The second-order valence-electron chi connectivity index (χ2n) is 10.5. The summed E-state index contributed by atoms with van der Waals surface area (Å²) >= 11 is 0. The van der Waals surface area contributed by atoms with Gasteiger partial charge < -0.3 is 15.2 Å². The molecule has 5 rings (SSSR count). The summed E-state index contributed by atoms with van der Waals surface area (Å²) in [6.45, 7) is 7.64. The minimum Gasteiger partial charge on any atom is -0.506 e. The molecule has 0 radical (unpaired) electrons. The van der Waals surface area contributed by atoms with Crippen molar-refractivity contribution in [3.05, 3.63) is 48.5 Å². The number of pyridine rings is 1. The van der Waals surface area contributed by atoms with Crippen LogP contribution in [-0.4, -0.2) is 53.4 Å². The second kappa shape index (κ2) is 8.48. The molecule has 0 aliphatic carbocycles. The van der Waals surface area contributed by atoms with Gasteiger partial charge in [0.1, 0.15) is 28.8 Å². The average Bonchev–Trinajstić information content (AvgIpc) is 3.19. The van der Waals surface area contributed by atoms with Gasteiger partial charge in [-0.25, -0.2) is 13.8 Å². The molecule has 4 heterocycles. The van der Waals surface area contributed by atoms with Crippen molar-refractivity contribution in [2.24, 2.45) is 7.05 Å². The highest BCUT2D eigenvalue weighted by molar-refractivity contribution is 5.95. The van der Waals surface area contributed by atoms with Gasteiger partial charge in [0.25, 0.3) is 0 Å². The van der Waals surface area contributed by atoms with E-state index >= 15 is 4.39 Å². The number of aromatic nitrogens is 5. The molecule has 8 nitrogen and oxygen atoms in total. The van der Waals surface area contributed by atoms with E-state index < -0.39 is 23.6 Å². The third-order valence-corrected chi connectivity index (χ3v) is 6.46. The lowest BCUT2D eigenvalue weighted by Crippen LogP contribution is -2.66. The molecule has 1 aliphatic rings. The van der Waals surface area contributed by atoms with E-state index in [9.17, 15) is 9.50 Å². The van der Waals surface area contributed by atoms with Crippen molar-refractivity contribution in [3.8, 4) is 34.1 Å². The van der Waals surface area contributed by atoms with E-state index in [1.54, 1.807) is 43.7 Å². The molecule has 1 aliphatic heterocycles. The Morgan fingerprint density at radius 3 is 2.61 bits per heavy atom. The molecule has 36 heavy (non-hydrogen) atoms. The lowest BCUT2D eigenvalue weighted by Gasteiger charge is -2.48. The fourth-order valence-electron chi connectivity index (χ4n) is 5.07. The molecule has 2 N–H and O–H groups in total. The number of hydrogen-bond donors (Lipinski definition) is 2. The predicted molar refractivity (Wildman–Crippen MR) is 132 cm³/mol. The van der Waals surface area contributed by atoms with Gasteiger partial charge in [-0.1, -0.05) is 6.07 Å². The number of nitrogens with zero attached hydrogens (tertiary/aromatic N) is 5. The number of aryl methyl sites for hydroxylation is 1. The van der Waals surface area contributed by atoms with Crippen molar-refractivity contribution >= 4 is 10.9 Å². The Balaban J connectivity index is 1.39. The number of fused-ring (bicyclic) bond motifs is 1. The average molecular weight is 495 g/mol. The van der Waals surface area contributed by atoms with Crippen molar-refractivity contribution in [3.63, 3.8) is 0 Å². The van der Waals surface area contributed by atoms with Gasteiger partial charge in [-0.15, -0.1) is 10.2 Å². The number of piperidine rings is 1. The zero-order chi connectivity index (χ0) is 25.8. The van der Waals surface area contributed by atoms with E-state index in [2.05, 4.69) is 25.6 Å². The van der Waals surface area contributed by atoms with Crippen LogP contribution in [0.1, 0.15) is 34.1 Å². The van der Waals surface area contributed by atoms with Crippen LogP contribution in [0.4, 0.5) is 8.78 Å². The van der Waals surface area contributed by atoms with Crippen LogP contribution in [0.2, 0.25) is 0 Å². The topological polar surface area (TPSA) is 98.0 Å². The Kier molecular flexibility index (Phi) is 5.66. The molecule has 1 aromatic carbocycles. The van der Waals surface area contributed by atoms with Crippen LogP contribution < -0.4 is 10.1 Å². The smallest absolute Gasteiger partial charge is 0.233 e. The minimum atomic E-state index is -1.23. The maximum atomic E-state index is 15.0. The van der Waals surface area contributed by atoms with Gasteiger partial charge in [-0.2, -0.15) is 5.10 Å². The first-order valence-electron chi connectivity index (χ1n) is 11.7. The first kappa shape index (κ1) is 24.1. The van der Waals surface area contributed by atoms with Crippen molar-refractivity contribution in [2.75, 3.05) is 0 Å². The Morgan fingerprint density at radius 2 is 1.92 bits per heavy atom. The van der Waals surface area contributed by atoms with Gasteiger partial charge in [-0.3, -0.25) is 4.68 Å². The van der Waals surface area contributed by atoms with E-state index in [-0.39, 0.29) is 28.4 Å². The van der Waals surface area contributed by atoms with E-state index in [4.69, 9.17) is 4.74 Å². The van der Waals surface area contributed by atoms with Gasteiger partial charge in [0.15, 0.2) is 12.0 Å². The zero-order valence-corrected chi connectivity index (χ0v) is 20.8. The number of aromatic hydroxyl groups is 1. The van der Waals surface area contributed by atoms with Crippen LogP contribution in [0, 0.1) is 5.82 Å². The quantitative estimate of drug-likeness (QED) is 0.429. The number of hydrogen-bond acceptors (Lipinski definition) is 7. The summed E-state index contributed by atoms with van der Waals surface area (Å²) in [5, 5.41) is 27.0. The third-order valence-electron chi connectivity index (χ3n) is 6.46. The largest absolute Gasteiger partial charge is 0.506 e. The summed E-state index contributed by atoms with van der Waals surface area (Å²) in [7, 11) is 1.72. The SMILES string of the molecule is Cn1cc2c(-c3cnc(-c4ccc(O[C@@H]5CC(C)(C)NC(C)(C)[C@@H]5F)nn4)c(O)c3)ccc(F)c2n1. The van der Waals surface area contributed by atoms with E-state index in [0.29, 0.717) is 28.6 Å². The molecule has 4 aromatic rings. The maximum absolute atomic E-state index is 15.0. The molecule has 188 valence electrons. The standard InChI is InChI=1S/C26H28F2N6O2/c1-25(2)11-20(24(28)26(3,4)33-25)36-21-9-8-18(30-31-21)23-19(35)10-14(12-29-23)15-6-7-17(27)22-16(15)13-34(5)32-22/h6-10,12-13,20,24,33,35H,11H2,1-5H3/t20-,24-/m1/s1. The van der Waals surface area contributed by atoms with Crippen molar-refractivity contribution in [2.45, 2.75) is 57.5 Å². The van der Waals surface area contributed by atoms with Crippen molar-refractivity contribution < 1.29 is 18.6 Å². The highest BCUT2D eigenvalue weighted by Crippen LogP contribution is 2.36. The normalized spacial score (nSPS) is 21.0. The number of benzene rings is 1. The molecule has 1 saturated heterocycles.